The first-order valence-corrected chi connectivity index (χ1v) is 9.11. The number of pyridine rings is 1. The van der Waals surface area contributed by atoms with E-state index in [4.69, 9.17) is 9.47 Å². The first-order chi connectivity index (χ1) is 13.2. The van der Waals surface area contributed by atoms with E-state index in [1.54, 1.807) is 32.6 Å². The molecule has 3 rings (SSSR count). The molecule has 138 valence electrons. The molecule has 0 saturated heterocycles. The van der Waals surface area contributed by atoms with Crippen LogP contribution in [0.5, 0.6) is 11.5 Å². The first kappa shape index (κ1) is 18.6. The van der Waals surface area contributed by atoms with Gasteiger partial charge in [0.15, 0.2) is 0 Å². The number of rotatable bonds is 7. The molecule has 2 heterocycles. The van der Waals surface area contributed by atoms with Crippen molar-refractivity contribution in [2.45, 2.75) is 6.54 Å². The van der Waals surface area contributed by atoms with Gasteiger partial charge in [0.05, 0.1) is 32.2 Å². The normalized spacial score (nSPS) is 10.7. The van der Waals surface area contributed by atoms with E-state index < -0.39 is 0 Å². The number of hydrogen-bond donors (Lipinski definition) is 1. The summed E-state index contributed by atoms with van der Waals surface area (Å²) >= 11 is 1.50. The van der Waals surface area contributed by atoms with Crippen LogP contribution in [0.2, 0.25) is 0 Å². The Kier molecular flexibility index (Phi) is 6.17. The highest BCUT2D eigenvalue weighted by atomic mass is 32.1. The molecule has 0 saturated carbocycles. The van der Waals surface area contributed by atoms with Crippen LogP contribution in [0.25, 0.3) is 16.8 Å². The fourth-order valence-electron chi connectivity index (χ4n) is 2.35. The second-order valence-corrected chi connectivity index (χ2v) is 6.38. The van der Waals surface area contributed by atoms with E-state index in [2.05, 4.69) is 15.3 Å². The second kappa shape index (κ2) is 8.95. The fraction of sp³-hybridized carbons (Fsp3) is 0.150. The van der Waals surface area contributed by atoms with E-state index in [0.29, 0.717) is 18.0 Å². The van der Waals surface area contributed by atoms with Crippen molar-refractivity contribution in [3.63, 3.8) is 0 Å². The molecule has 0 spiro atoms. The smallest absolute Gasteiger partial charge is 0.244 e. The molecule has 1 N–H and O–H groups in total. The number of thiazole rings is 1. The maximum absolute atomic E-state index is 12.1. The number of carbonyl (C=O) groups is 1. The quantitative estimate of drug-likeness (QED) is 0.634. The van der Waals surface area contributed by atoms with Crippen LogP contribution in [-0.2, 0) is 11.3 Å². The van der Waals surface area contributed by atoms with Crippen LogP contribution >= 0.6 is 11.3 Å². The Balaban J connectivity index is 1.59. The third kappa shape index (κ3) is 4.92. The zero-order chi connectivity index (χ0) is 19.1. The van der Waals surface area contributed by atoms with Crippen molar-refractivity contribution in [2.24, 2.45) is 0 Å². The van der Waals surface area contributed by atoms with Crippen molar-refractivity contribution in [2.75, 3.05) is 14.2 Å². The molecule has 0 bridgehead atoms. The molecular weight excluding hydrogens is 362 g/mol. The maximum atomic E-state index is 12.1. The summed E-state index contributed by atoms with van der Waals surface area (Å²) in [6.07, 6.45) is 4.90. The monoisotopic (exact) mass is 381 g/mol. The Hall–Kier alpha value is -3.19. The van der Waals surface area contributed by atoms with Crippen LogP contribution in [0.3, 0.4) is 0 Å². The lowest BCUT2D eigenvalue weighted by Crippen LogP contribution is -2.20. The summed E-state index contributed by atoms with van der Waals surface area (Å²) in [7, 11) is 3.17. The minimum Gasteiger partial charge on any atom is -0.497 e. The molecule has 0 atom stereocenters. The van der Waals surface area contributed by atoms with Gasteiger partial charge in [-0.1, -0.05) is 6.07 Å². The Morgan fingerprint density at radius 3 is 2.85 bits per heavy atom. The summed E-state index contributed by atoms with van der Waals surface area (Å²) in [5.41, 5.74) is 2.41. The van der Waals surface area contributed by atoms with Crippen molar-refractivity contribution in [1.82, 2.24) is 15.3 Å². The van der Waals surface area contributed by atoms with Gasteiger partial charge in [0.2, 0.25) is 5.91 Å². The third-order valence-electron chi connectivity index (χ3n) is 3.73. The molecule has 0 aliphatic carbocycles. The van der Waals surface area contributed by atoms with Gasteiger partial charge in [0, 0.05) is 29.3 Å². The number of carbonyl (C=O) groups excluding carboxylic acids is 1. The van der Waals surface area contributed by atoms with E-state index in [1.807, 2.05) is 35.7 Å². The Bertz CT molecular complexity index is 939. The lowest BCUT2D eigenvalue weighted by atomic mass is 10.1. The Morgan fingerprint density at radius 2 is 2.11 bits per heavy atom. The van der Waals surface area contributed by atoms with Crippen LogP contribution in [0.1, 0.15) is 11.3 Å². The Morgan fingerprint density at radius 1 is 1.22 bits per heavy atom. The summed E-state index contributed by atoms with van der Waals surface area (Å²) in [6.45, 7) is 0.353. The second-order valence-electron chi connectivity index (χ2n) is 5.52. The number of benzene rings is 1. The standard InChI is InChI=1S/C20H19N3O3S/c1-25-16-8-6-14(18(11-16)26-2)7-9-19(24)22-12-15-13-27-20(23-15)17-5-3-4-10-21-17/h3-11,13H,12H2,1-2H3,(H,22,24)/b9-7+. The lowest BCUT2D eigenvalue weighted by molar-refractivity contribution is -0.116. The van der Waals surface area contributed by atoms with Crippen molar-refractivity contribution in [3.05, 3.63) is 65.3 Å². The first-order valence-electron chi connectivity index (χ1n) is 8.23. The molecule has 0 unspecified atom stereocenters. The van der Waals surface area contributed by atoms with Crippen molar-refractivity contribution < 1.29 is 14.3 Å². The van der Waals surface area contributed by atoms with Gasteiger partial charge in [0.1, 0.15) is 16.5 Å². The minimum absolute atomic E-state index is 0.208. The lowest BCUT2D eigenvalue weighted by Gasteiger charge is -2.07. The largest absolute Gasteiger partial charge is 0.497 e. The van der Waals surface area contributed by atoms with Crippen molar-refractivity contribution >= 4 is 23.3 Å². The average Bonchev–Trinajstić information content (AvgIpc) is 3.20. The van der Waals surface area contributed by atoms with E-state index in [-0.39, 0.29) is 5.91 Å². The molecule has 1 aromatic carbocycles. The number of hydrogen-bond acceptors (Lipinski definition) is 6. The molecule has 7 heteroatoms. The topological polar surface area (TPSA) is 73.3 Å². The van der Waals surface area contributed by atoms with E-state index >= 15 is 0 Å². The molecule has 0 aliphatic heterocycles. The van der Waals surface area contributed by atoms with Crippen molar-refractivity contribution in [3.8, 4) is 22.2 Å². The fourth-order valence-corrected chi connectivity index (χ4v) is 3.15. The van der Waals surface area contributed by atoms with Crippen LogP contribution in [0.4, 0.5) is 0 Å². The van der Waals surface area contributed by atoms with Crippen LogP contribution < -0.4 is 14.8 Å². The predicted molar refractivity (Wildman–Crippen MR) is 106 cm³/mol. The summed E-state index contributed by atoms with van der Waals surface area (Å²) in [4.78, 5) is 20.9. The third-order valence-corrected chi connectivity index (χ3v) is 4.65. The number of methoxy groups -OCH3 is 2. The van der Waals surface area contributed by atoms with Gasteiger partial charge in [-0.3, -0.25) is 9.78 Å². The number of ether oxygens (including phenoxy) is 2. The number of amides is 1. The van der Waals surface area contributed by atoms with Crippen molar-refractivity contribution in [1.29, 1.82) is 0 Å². The number of nitrogens with one attached hydrogen (secondary N) is 1. The van der Waals surface area contributed by atoms with Gasteiger partial charge in [-0.2, -0.15) is 0 Å². The number of aromatic nitrogens is 2. The average molecular weight is 381 g/mol. The van der Waals surface area contributed by atoms with Gasteiger partial charge in [-0.25, -0.2) is 4.98 Å². The molecular formula is C20H19N3O3S. The highest BCUT2D eigenvalue weighted by Crippen LogP contribution is 2.25. The summed E-state index contributed by atoms with van der Waals surface area (Å²) in [5, 5.41) is 5.58. The summed E-state index contributed by atoms with van der Waals surface area (Å²) in [6, 6.07) is 11.1. The molecule has 0 fully saturated rings. The minimum atomic E-state index is -0.208. The highest BCUT2D eigenvalue weighted by Gasteiger charge is 2.07. The highest BCUT2D eigenvalue weighted by molar-refractivity contribution is 7.13. The molecule has 0 aliphatic rings. The SMILES string of the molecule is COc1ccc(/C=C/C(=O)NCc2csc(-c3ccccn3)n2)c(OC)c1. The number of nitrogens with zero attached hydrogens (tertiary/aromatic N) is 2. The maximum Gasteiger partial charge on any atom is 0.244 e. The molecule has 6 nitrogen and oxygen atoms in total. The van der Waals surface area contributed by atoms with Gasteiger partial charge in [0.25, 0.3) is 0 Å². The molecule has 3 aromatic rings. The van der Waals surface area contributed by atoms with Crippen LogP contribution in [0, 0.1) is 0 Å². The van der Waals surface area contributed by atoms with Crippen LogP contribution in [0.15, 0.2) is 54.1 Å². The van der Waals surface area contributed by atoms with Gasteiger partial charge < -0.3 is 14.8 Å². The Labute approximate surface area is 161 Å². The predicted octanol–water partition coefficient (Wildman–Crippen LogP) is 3.55. The van der Waals surface area contributed by atoms with E-state index in [9.17, 15) is 4.79 Å². The zero-order valence-corrected chi connectivity index (χ0v) is 15.8. The molecule has 0 radical (unpaired) electrons. The zero-order valence-electron chi connectivity index (χ0n) is 15.0. The molecule has 27 heavy (non-hydrogen) atoms. The van der Waals surface area contributed by atoms with Gasteiger partial charge >= 0.3 is 0 Å². The van der Waals surface area contributed by atoms with E-state index in [1.165, 1.54) is 17.4 Å². The van der Waals surface area contributed by atoms with E-state index in [0.717, 1.165) is 22.0 Å². The van der Waals surface area contributed by atoms with Gasteiger partial charge in [-0.15, -0.1) is 11.3 Å². The molecule has 2 aromatic heterocycles. The summed E-state index contributed by atoms with van der Waals surface area (Å²) < 4.78 is 10.5. The van der Waals surface area contributed by atoms with Gasteiger partial charge in [-0.05, 0) is 30.3 Å². The van der Waals surface area contributed by atoms with Crippen LogP contribution in [-0.4, -0.2) is 30.1 Å². The molecule has 1 amide bonds. The summed E-state index contributed by atoms with van der Waals surface area (Å²) in [5.74, 6) is 1.12.